The summed E-state index contributed by atoms with van der Waals surface area (Å²) in [4.78, 5) is 29.4. The van der Waals surface area contributed by atoms with Gasteiger partial charge in [-0.1, -0.05) is 23.5 Å². The molecular weight excluding hydrogens is 416 g/mol. The first-order valence-electron chi connectivity index (χ1n) is 10.2. The van der Waals surface area contributed by atoms with Gasteiger partial charge in [0.25, 0.3) is 5.91 Å². The molecule has 3 rings (SSSR count). The minimum absolute atomic E-state index is 0.156. The fraction of sp³-hybridized carbons (Fsp3) is 0.348. The third-order valence-electron chi connectivity index (χ3n) is 4.43. The van der Waals surface area contributed by atoms with E-state index in [4.69, 9.17) is 14.2 Å². The van der Waals surface area contributed by atoms with Gasteiger partial charge >= 0.3 is 5.97 Å². The second-order valence-corrected chi connectivity index (χ2v) is 7.76. The van der Waals surface area contributed by atoms with Crippen LogP contribution in [0.25, 0.3) is 10.2 Å². The third kappa shape index (κ3) is 6.02. The summed E-state index contributed by atoms with van der Waals surface area (Å²) in [5, 5.41) is 0. The summed E-state index contributed by atoms with van der Waals surface area (Å²) >= 11 is 1.34. The van der Waals surface area contributed by atoms with E-state index >= 15 is 0 Å². The number of nitrogens with zero attached hydrogens (tertiary/aromatic N) is 2. The second kappa shape index (κ2) is 10.9. The minimum Gasteiger partial charge on any atom is -0.484 e. The highest BCUT2D eigenvalue weighted by molar-refractivity contribution is 7.16. The lowest BCUT2D eigenvalue weighted by atomic mass is 10.2. The van der Waals surface area contributed by atoms with Crippen LogP contribution < -0.4 is 9.54 Å². The molecule has 0 radical (unpaired) electrons. The Kier molecular flexibility index (Phi) is 7.97. The predicted octanol–water partition coefficient (Wildman–Crippen LogP) is 3.73. The lowest BCUT2D eigenvalue weighted by Crippen LogP contribution is -2.21. The molecule has 0 aliphatic rings. The number of esters is 1. The Morgan fingerprint density at radius 1 is 1.10 bits per heavy atom. The van der Waals surface area contributed by atoms with Gasteiger partial charge in [-0.15, -0.1) is 0 Å². The van der Waals surface area contributed by atoms with Gasteiger partial charge in [-0.2, -0.15) is 4.99 Å². The Balaban J connectivity index is 1.89. The number of carbonyl (C=O) groups excluding carboxylic acids is 2. The fourth-order valence-corrected chi connectivity index (χ4v) is 4.12. The number of ether oxygens (including phenoxy) is 3. The largest absolute Gasteiger partial charge is 0.484 e. The molecule has 0 bridgehead atoms. The summed E-state index contributed by atoms with van der Waals surface area (Å²) in [7, 11) is 0. The van der Waals surface area contributed by atoms with Crippen molar-refractivity contribution in [1.29, 1.82) is 0 Å². The predicted molar refractivity (Wildman–Crippen MR) is 120 cm³/mol. The Bertz CT molecular complexity index is 1130. The normalized spacial score (nSPS) is 11.6. The van der Waals surface area contributed by atoms with Crippen molar-refractivity contribution < 1.29 is 23.8 Å². The van der Waals surface area contributed by atoms with E-state index in [2.05, 4.69) is 4.99 Å². The van der Waals surface area contributed by atoms with Crippen LogP contribution >= 0.6 is 11.3 Å². The number of benzene rings is 2. The minimum atomic E-state index is -0.385. The first kappa shape index (κ1) is 22.7. The molecule has 2 aromatic carbocycles. The quantitative estimate of drug-likeness (QED) is 0.373. The van der Waals surface area contributed by atoms with Gasteiger partial charge in [-0.05, 0) is 56.7 Å². The Morgan fingerprint density at radius 3 is 2.68 bits per heavy atom. The average molecular weight is 443 g/mol. The van der Waals surface area contributed by atoms with Crippen LogP contribution in [0.15, 0.2) is 47.5 Å². The molecule has 1 heterocycles. The van der Waals surface area contributed by atoms with Crippen LogP contribution in [-0.4, -0.2) is 42.9 Å². The Labute approximate surface area is 184 Å². The smallest absolute Gasteiger partial charge is 0.338 e. The summed E-state index contributed by atoms with van der Waals surface area (Å²) in [6, 6.07) is 12.8. The standard InChI is InChI=1S/C23H26N2O5S/c1-4-28-12-11-25-19-10-9-17(22(27)29-5-2)14-20(19)31-23(25)24-21(26)15-30-18-8-6-7-16(3)13-18/h6-10,13-14H,4-5,11-12,15H2,1-3H3. The van der Waals surface area contributed by atoms with E-state index in [9.17, 15) is 9.59 Å². The van der Waals surface area contributed by atoms with E-state index < -0.39 is 0 Å². The van der Waals surface area contributed by atoms with Crippen LogP contribution in [0.5, 0.6) is 5.75 Å². The molecule has 0 unspecified atom stereocenters. The molecule has 164 valence electrons. The summed E-state index contributed by atoms with van der Waals surface area (Å²) < 4.78 is 18.9. The molecular formula is C23H26N2O5S. The molecule has 3 aromatic rings. The number of hydrogen-bond acceptors (Lipinski definition) is 6. The monoisotopic (exact) mass is 442 g/mol. The molecule has 0 atom stereocenters. The van der Waals surface area contributed by atoms with Gasteiger partial charge in [-0.3, -0.25) is 4.79 Å². The second-order valence-electron chi connectivity index (χ2n) is 6.75. The molecule has 0 saturated carbocycles. The molecule has 0 aliphatic carbocycles. The number of rotatable bonds is 9. The lowest BCUT2D eigenvalue weighted by Gasteiger charge is -2.06. The van der Waals surface area contributed by atoms with E-state index in [1.807, 2.05) is 42.7 Å². The van der Waals surface area contributed by atoms with Gasteiger partial charge in [0.15, 0.2) is 11.4 Å². The van der Waals surface area contributed by atoms with Crippen molar-refractivity contribution in [2.24, 2.45) is 4.99 Å². The Hall–Kier alpha value is -2.97. The van der Waals surface area contributed by atoms with E-state index in [0.717, 1.165) is 15.8 Å². The molecule has 8 heteroatoms. The molecule has 0 fully saturated rings. The molecule has 1 amide bonds. The van der Waals surface area contributed by atoms with E-state index in [0.29, 0.717) is 42.5 Å². The lowest BCUT2D eigenvalue weighted by molar-refractivity contribution is -0.120. The van der Waals surface area contributed by atoms with Crippen molar-refractivity contribution in [1.82, 2.24) is 4.57 Å². The van der Waals surface area contributed by atoms with Gasteiger partial charge in [0.2, 0.25) is 0 Å². The number of thiazole rings is 1. The van der Waals surface area contributed by atoms with Gasteiger partial charge < -0.3 is 18.8 Å². The molecule has 7 nitrogen and oxygen atoms in total. The zero-order chi connectivity index (χ0) is 22.2. The van der Waals surface area contributed by atoms with Crippen molar-refractivity contribution in [3.05, 3.63) is 58.4 Å². The maximum atomic E-state index is 12.5. The molecule has 31 heavy (non-hydrogen) atoms. The van der Waals surface area contributed by atoms with E-state index in [1.165, 1.54) is 11.3 Å². The molecule has 0 spiro atoms. The highest BCUT2D eigenvalue weighted by Gasteiger charge is 2.13. The number of fused-ring (bicyclic) bond motifs is 1. The van der Waals surface area contributed by atoms with Gasteiger partial charge in [0, 0.05) is 13.2 Å². The average Bonchev–Trinajstić information content (AvgIpc) is 3.09. The van der Waals surface area contributed by atoms with Crippen LogP contribution in [-0.2, 0) is 20.8 Å². The van der Waals surface area contributed by atoms with Crippen LogP contribution in [0.1, 0.15) is 29.8 Å². The number of aryl methyl sites for hydroxylation is 1. The molecule has 0 N–H and O–H groups in total. The van der Waals surface area contributed by atoms with Crippen molar-refractivity contribution in [2.45, 2.75) is 27.3 Å². The summed E-state index contributed by atoms with van der Waals surface area (Å²) in [5.41, 5.74) is 2.40. The van der Waals surface area contributed by atoms with Gasteiger partial charge in [0.1, 0.15) is 5.75 Å². The van der Waals surface area contributed by atoms with Crippen molar-refractivity contribution in [3.8, 4) is 5.75 Å². The summed E-state index contributed by atoms with van der Waals surface area (Å²) in [6.07, 6.45) is 0. The van der Waals surface area contributed by atoms with Crippen molar-refractivity contribution in [3.63, 3.8) is 0 Å². The fourth-order valence-electron chi connectivity index (χ4n) is 3.01. The number of amides is 1. The topological polar surface area (TPSA) is 79.1 Å². The highest BCUT2D eigenvalue weighted by atomic mass is 32.1. The molecule has 0 saturated heterocycles. The van der Waals surface area contributed by atoms with Crippen LogP contribution in [0.4, 0.5) is 0 Å². The van der Waals surface area contributed by atoms with E-state index in [-0.39, 0.29) is 18.5 Å². The maximum Gasteiger partial charge on any atom is 0.338 e. The highest BCUT2D eigenvalue weighted by Crippen LogP contribution is 2.20. The Morgan fingerprint density at radius 2 is 1.94 bits per heavy atom. The number of carbonyl (C=O) groups is 2. The zero-order valence-electron chi connectivity index (χ0n) is 17.9. The first-order chi connectivity index (χ1) is 15.0. The number of hydrogen-bond donors (Lipinski definition) is 0. The maximum absolute atomic E-state index is 12.5. The van der Waals surface area contributed by atoms with Gasteiger partial charge in [-0.25, -0.2) is 4.79 Å². The summed E-state index contributed by atoms with van der Waals surface area (Å²) in [5.74, 6) is -0.133. The van der Waals surface area contributed by atoms with Crippen LogP contribution in [0.2, 0.25) is 0 Å². The number of aromatic nitrogens is 1. The van der Waals surface area contributed by atoms with Crippen molar-refractivity contribution in [2.75, 3.05) is 26.4 Å². The van der Waals surface area contributed by atoms with Crippen molar-refractivity contribution >= 4 is 33.4 Å². The molecule has 1 aromatic heterocycles. The van der Waals surface area contributed by atoms with Crippen LogP contribution in [0.3, 0.4) is 0 Å². The van der Waals surface area contributed by atoms with Crippen LogP contribution in [0, 0.1) is 6.92 Å². The van der Waals surface area contributed by atoms with Gasteiger partial charge in [0.05, 0.1) is 29.0 Å². The molecule has 0 aliphatic heterocycles. The SMILES string of the molecule is CCOCCn1c(=NC(=O)COc2cccc(C)c2)sc2cc(C(=O)OCC)ccc21. The zero-order valence-corrected chi connectivity index (χ0v) is 18.7. The first-order valence-corrected chi connectivity index (χ1v) is 11.0. The third-order valence-corrected chi connectivity index (χ3v) is 5.47. The van der Waals surface area contributed by atoms with E-state index in [1.54, 1.807) is 25.1 Å². The summed E-state index contributed by atoms with van der Waals surface area (Å²) in [6.45, 7) is 7.45.